The largest absolute Gasteiger partial charge is 0.378 e. The first-order chi connectivity index (χ1) is 9.24. The molecule has 0 radical (unpaired) electrons. The van der Waals surface area contributed by atoms with E-state index in [2.05, 4.69) is 27.6 Å². The molecule has 1 saturated carbocycles. The number of hydrogen-bond acceptors (Lipinski definition) is 3. The van der Waals surface area contributed by atoms with E-state index in [0.29, 0.717) is 11.1 Å². The van der Waals surface area contributed by atoms with Gasteiger partial charge in [0, 0.05) is 18.9 Å². The zero-order valence-corrected chi connectivity index (χ0v) is 13.8. The van der Waals surface area contributed by atoms with Gasteiger partial charge in [0.15, 0.2) is 0 Å². The van der Waals surface area contributed by atoms with Gasteiger partial charge in [-0.05, 0) is 48.3 Å². The molecule has 0 aromatic carbocycles. The molecule has 1 saturated heterocycles. The van der Waals surface area contributed by atoms with Crippen LogP contribution in [0, 0.1) is 3.57 Å². The number of hydrogen-bond donors (Lipinski definition) is 0. The van der Waals surface area contributed by atoms with Crippen LogP contribution >= 0.6 is 34.2 Å². The molecule has 5 heteroatoms. The van der Waals surface area contributed by atoms with E-state index in [9.17, 15) is 0 Å². The summed E-state index contributed by atoms with van der Waals surface area (Å²) in [6.45, 7) is 0.873. The van der Waals surface area contributed by atoms with Crippen LogP contribution in [0.1, 0.15) is 56.0 Å². The van der Waals surface area contributed by atoms with Gasteiger partial charge in [-0.2, -0.15) is 0 Å². The third-order valence-electron chi connectivity index (χ3n) is 4.06. The lowest BCUT2D eigenvalue weighted by Crippen LogP contribution is -2.14. The standard InChI is InChI=1S/C14H18ClIN2O/c15-14-12(16)13(9-4-1-2-5-9)17-11(18-14)8-10-6-3-7-19-10/h9-10H,1-8H2. The SMILES string of the molecule is Clc1nc(CC2CCCO2)nc(C2CCCC2)c1I. The topological polar surface area (TPSA) is 35.0 Å². The fraction of sp³-hybridized carbons (Fsp3) is 0.714. The van der Waals surface area contributed by atoms with Crippen LogP contribution in [0.15, 0.2) is 0 Å². The van der Waals surface area contributed by atoms with Crippen molar-refractivity contribution in [2.75, 3.05) is 6.61 Å². The van der Waals surface area contributed by atoms with Crippen LogP contribution in [0.5, 0.6) is 0 Å². The second-order valence-electron chi connectivity index (χ2n) is 5.45. The van der Waals surface area contributed by atoms with Gasteiger partial charge in [-0.15, -0.1) is 0 Å². The Morgan fingerprint density at radius 1 is 1.16 bits per heavy atom. The second-order valence-corrected chi connectivity index (χ2v) is 6.89. The summed E-state index contributed by atoms with van der Waals surface area (Å²) in [5.41, 5.74) is 1.17. The van der Waals surface area contributed by atoms with E-state index in [1.807, 2.05) is 0 Å². The van der Waals surface area contributed by atoms with Crippen LogP contribution in [0.25, 0.3) is 0 Å². The van der Waals surface area contributed by atoms with Crippen LogP contribution in [0.4, 0.5) is 0 Å². The van der Waals surface area contributed by atoms with Gasteiger partial charge in [0.25, 0.3) is 0 Å². The van der Waals surface area contributed by atoms with E-state index in [4.69, 9.17) is 21.3 Å². The minimum atomic E-state index is 0.285. The third-order valence-corrected chi connectivity index (χ3v) is 5.71. The highest BCUT2D eigenvalue weighted by Crippen LogP contribution is 2.37. The highest BCUT2D eigenvalue weighted by Gasteiger charge is 2.25. The molecule has 0 bridgehead atoms. The Morgan fingerprint density at radius 2 is 1.95 bits per heavy atom. The lowest BCUT2D eigenvalue weighted by Gasteiger charge is -2.15. The maximum absolute atomic E-state index is 6.28. The lowest BCUT2D eigenvalue weighted by molar-refractivity contribution is 0.110. The summed E-state index contributed by atoms with van der Waals surface area (Å²) < 4.78 is 6.71. The Labute approximate surface area is 132 Å². The van der Waals surface area contributed by atoms with Crippen molar-refractivity contribution in [2.24, 2.45) is 0 Å². The summed E-state index contributed by atoms with van der Waals surface area (Å²) in [6.07, 6.45) is 8.45. The van der Waals surface area contributed by atoms with Gasteiger partial charge < -0.3 is 4.74 Å². The first kappa shape index (κ1) is 14.0. The highest BCUT2D eigenvalue weighted by atomic mass is 127. The van der Waals surface area contributed by atoms with Crippen LogP contribution in [0.2, 0.25) is 5.15 Å². The maximum Gasteiger partial charge on any atom is 0.146 e. The van der Waals surface area contributed by atoms with Gasteiger partial charge in [0.1, 0.15) is 11.0 Å². The Balaban J connectivity index is 1.83. The van der Waals surface area contributed by atoms with E-state index in [1.165, 1.54) is 31.4 Å². The molecule has 2 heterocycles. The molecule has 1 unspecified atom stereocenters. The van der Waals surface area contributed by atoms with Crippen molar-refractivity contribution >= 4 is 34.2 Å². The van der Waals surface area contributed by atoms with Gasteiger partial charge in [-0.25, -0.2) is 9.97 Å². The first-order valence-corrected chi connectivity index (χ1v) is 8.53. The molecular weight excluding hydrogens is 375 g/mol. The quantitative estimate of drug-likeness (QED) is 0.573. The van der Waals surface area contributed by atoms with Crippen molar-refractivity contribution in [3.63, 3.8) is 0 Å². The molecule has 3 rings (SSSR count). The van der Waals surface area contributed by atoms with E-state index < -0.39 is 0 Å². The molecule has 0 N–H and O–H groups in total. The van der Waals surface area contributed by atoms with Crippen molar-refractivity contribution in [3.8, 4) is 0 Å². The summed E-state index contributed by atoms with van der Waals surface area (Å²) in [5.74, 6) is 1.44. The smallest absolute Gasteiger partial charge is 0.146 e. The molecule has 19 heavy (non-hydrogen) atoms. The van der Waals surface area contributed by atoms with Gasteiger partial charge >= 0.3 is 0 Å². The monoisotopic (exact) mass is 392 g/mol. The van der Waals surface area contributed by atoms with Gasteiger partial charge in [-0.3, -0.25) is 0 Å². The van der Waals surface area contributed by atoms with Gasteiger partial charge in [-0.1, -0.05) is 24.4 Å². The van der Waals surface area contributed by atoms with Crippen LogP contribution < -0.4 is 0 Å². The molecular formula is C14H18ClIN2O. The Kier molecular flexibility index (Phi) is 4.59. The maximum atomic E-state index is 6.28. The average molecular weight is 393 g/mol. The van der Waals surface area contributed by atoms with E-state index >= 15 is 0 Å². The lowest BCUT2D eigenvalue weighted by atomic mass is 10.0. The minimum Gasteiger partial charge on any atom is -0.378 e. The Bertz CT molecular complexity index is 457. The molecule has 3 nitrogen and oxygen atoms in total. The summed E-state index contributed by atoms with van der Waals surface area (Å²) in [7, 11) is 0. The van der Waals surface area contributed by atoms with Crippen LogP contribution in [0.3, 0.4) is 0 Å². The van der Waals surface area contributed by atoms with Crippen molar-refractivity contribution in [1.29, 1.82) is 0 Å². The van der Waals surface area contributed by atoms with Crippen LogP contribution in [-0.4, -0.2) is 22.7 Å². The Morgan fingerprint density at radius 3 is 2.63 bits per heavy atom. The molecule has 2 aliphatic rings. The van der Waals surface area contributed by atoms with Crippen molar-refractivity contribution in [3.05, 3.63) is 20.2 Å². The molecule has 1 aliphatic carbocycles. The fourth-order valence-corrected chi connectivity index (χ4v) is 3.93. The first-order valence-electron chi connectivity index (χ1n) is 7.07. The van der Waals surface area contributed by atoms with Crippen molar-refractivity contribution in [2.45, 2.75) is 57.0 Å². The molecule has 1 aromatic heterocycles. The second kappa shape index (κ2) is 6.22. The predicted octanol–water partition coefficient (Wildman–Crippen LogP) is 4.11. The fourth-order valence-electron chi connectivity index (χ4n) is 3.05. The molecule has 104 valence electrons. The van der Waals surface area contributed by atoms with Gasteiger partial charge in [0.2, 0.25) is 0 Å². The molecule has 2 fully saturated rings. The number of rotatable bonds is 3. The molecule has 0 amide bonds. The summed E-state index contributed by atoms with van der Waals surface area (Å²) in [4.78, 5) is 9.23. The normalized spacial score (nSPS) is 24.2. The van der Waals surface area contributed by atoms with Gasteiger partial charge in [0.05, 0.1) is 15.4 Å². The van der Waals surface area contributed by atoms with Crippen LogP contribution in [-0.2, 0) is 11.2 Å². The molecule has 1 atom stereocenters. The minimum absolute atomic E-state index is 0.285. The molecule has 0 spiro atoms. The zero-order valence-electron chi connectivity index (χ0n) is 10.9. The van der Waals surface area contributed by atoms with Crippen molar-refractivity contribution in [1.82, 2.24) is 9.97 Å². The molecule has 1 aliphatic heterocycles. The molecule has 1 aromatic rings. The number of halogens is 2. The average Bonchev–Trinajstić information content (AvgIpc) is 3.06. The van der Waals surface area contributed by atoms with E-state index in [1.54, 1.807) is 0 Å². The predicted molar refractivity (Wildman–Crippen MR) is 83.6 cm³/mol. The summed E-state index contributed by atoms with van der Waals surface area (Å²) >= 11 is 8.57. The number of aromatic nitrogens is 2. The van der Waals surface area contributed by atoms with E-state index in [-0.39, 0.29) is 6.10 Å². The zero-order chi connectivity index (χ0) is 13.2. The third kappa shape index (κ3) is 3.22. The number of nitrogens with zero attached hydrogens (tertiary/aromatic N) is 2. The van der Waals surface area contributed by atoms with Crippen molar-refractivity contribution < 1.29 is 4.74 Å². The number of ether oxygens (including phenoxy) is 1. The summed E-state index contributed by atoms with van der Waals surface area (Å²) in [5, 5.41) is 0.616. The Hall–Kier alpha value is 0.0600. The highest BCUT2D eigenvalue weighted by molar-refractivity contribution is 14.1. The van der Waals surface area contributed by atoms with E-state index in [0.717, 1.165) is 35.3 Å². The summed E-state index contributed by atoms with van der Waals surface area (Å²) in [6, 6.07) is 0.